The molecule has 3 aliphatic rings. The Morgan fingerprint density at radius 1 is 1.16 bits per heavy atom. The lowest BCUT2D eigenvalue weighted by molar-refractivity contribution is -0.140. The van der Waals surface area contributed by atoms with Crippen LogP contribution in [0.1, 0.15) is 37.6 Å². The third-order valence-electron chi connectivity index (χ3n) is 5.40. The number of nitrogens with zero attached hydrogens (tertiary/aromatic N) is 5. The maximum absolute atomic E-state index is 12.3. The van der Waals surface area contributed by atoms with Gasteiger partial charge in [-0.3, -0.25) is 4.79 Å². The van der Waals surface area contributed by atoms with E-state index >= 15 is 0 Å². The van der Waals surface area contributed by atoms with Crippen molar-refractivity contribution in [3.8, 4) is 0 Å². The standard InChI is InChI=1S/C18H23N5O2/c24-18(13-3-4-13)22-9-10-25-15(12-22)17-19-16-6-5-14(11-23(16)20-17)21-7-1-2-8-21/h5-6,11,13,15H,1-4,7-10,12H2/t15-/m1/s1. The van der Waals surface area contributed by atoms with Crippen LogP contribution in [0.5, 0.6) is 0 Å². The molecular formula is C18H23N5O2. The SMILES string of the molecule is O=C(C1CC1)N1CCO[C@@H](c2nc3ccc(N4CCCC4)cn3n2)C1. The maximum atomic E-state index is 12.3. The van der Waals surface area contributed by atoms with E-state index in [-0.39, 0.29) is 17.9 Å². The van der Waals surface area contributed by atoms with Gasteiger partial charge in [0, 0.05) is 25.6 Å². The van der Waals surface area contributed by atoms with Crippen LogP contribution in [0.15, 0.2) is 18.3 Å². The summed E-state index contributed by atoms with van der Waals surface area (Å²) in [6, 6.07) is 4.13. The first-order valence-electron chi connectivity index (χ1n) is 9.29. The highest BCUT2D eigenvalue weighted by Gasteiger charge is 2.36. The number of aromatic nitrogens is 3. The molecule has 132 valence electrons. The predicted molar refractivity (Wildman–Crippen MR) is 92.4 cm³/mol. The summed E-state index contributed by atoms with van der Waals surface area (Å²) >= 11 is 0. The highest BCUT2D eigenvalue weighted by Crippen LogP contribution is 2.32. The minimum absolute atomic E-state index is 0.230. The van der Waals surface area contributed by atoms with E-state index in [1.54, 1.807) is 0 Å². The minimum atomic E-state index is -0.230. The van der Waals surface area contributed by atoms with E-state index in [0.29, 0.717) is 25.5 Å². The largest absolute Gasteiger partial charge is 0.370 e. The smallest absolute Gasteiger partial charge is 0.225 e. The second-order valence-electron chi connectivity index (χ2n) is 7.27. The number of rotatable bonds is 3. The first-order valence-corrected chi connectivity index (χ1v) is 9.29. The van der Waals surface area contributed by atoms with Gasteiger partial charge < -0.3 is 14.5 Å². The van der Waals surface area contributed by atoms with E-state index in [2.05, 4.69) is 21.0 Å². The Morgan fingerprint density at radius 3 is 2.80 bits per heavy atom. The summed E-state index contributed by atoms with van der Waals surface area (Å²) < 4.78 is 7.70. The van der Waals surface area contributed by atoms with Gasteiger partial charge in [0.15, 0.2) is 11.5 Å². The molecule has 3 fully saturated rings. The van der Waals surface area contributed by atoms with Gasteiger partial charge in [0.25, 0.3) is 0 Å². The van der Waals surface area contributed by atoms with E-state index in [1.807, 2.05) is 21.7 Å². The number of carbonyl (C=O) groups is 1. The van der Waals surface area contributed by atoms with Crippen molar-refractivity contribution in [3.63, 3.8) is 0 Å². The highest BCUT2D eigenvalue weighted by atomic mass is 16.5. The fraction of sp³-hybridized carbons (Fsp3) is 0.611. The fourth-order valence-electron chi connectivity index (χ4n) is 3.78. The Hall–Kier alpha value is -2.15. The van der Waals surface area contributed by atoms with Gasteiger partial charge in [0.1, 0.15) is 6.10 Å². The van der Waals surface area contributed by atoms with Gasteiger partial charge in [-0.25, -0.2) is 9.50 Å². The van der Waals surface area contributed by atoms with E-state index in [0.717, 1.165) is 31.6 Å². The van der Waals surface area contributed by atoms with Gasteiger partial charge in [0.05, 0.1) is 25.0 Å². The number of ether oxygens (including phenoxy) is 1. The number of hydrogen-bond acceptors (Lipinski definition) is 5. The van der Waals surface area contributed by atoms with Gasteiger partial charge in [0.2, 0.25) is 5.91 Å². The van der Waals surface area contributed by atoms with Gasteiger partial charge >= 0.3 is 0 Å². The van der Waals surface area contributed by atoms with E-state index < -0.39 is 0 Å². The van der Waals surface area contributed by atoms with Crippen LogP contribution >= 0.6 is 0 Å². The van der Waals surface area contributed by atoms with Crippen LogP contribution in [0, 0.1) is 5.92 Å². The molecule has 25 heavy (non-hydrogen) atoms. The molecule has 1 aliphatic carbocycles. The van der Waals surface area contributed by atoms with Crippen LogP contribution in [0.4, 0.5) is 5.69 Å². The first-order chi connectivity index (χ1) is 12.3. The van der Waals surface area contributed by atoms with E-state index in [4.69, 9.17) is 4.74 Å². The zero-order chi connectivity index (χ0) is 16.8. The average molecular weight is 341 g/mol. The van der Waals surface area contributed by atoms with Gasteiger partial charge in [-0.2, -0.15) is 0 Å². The summed E-state index contributed by atoms with van der Waals surface area (Å²) in [5, 5.41) is 4.64. The van der Waals surface area contributed by atoms with E-state index in [1.165, 1.54) is 18.5 Å². The molecule has 1 atom stereocenters. The molecule has 7 heteroatoms. The molecule has 2 aromatic heterocycles. The fourth-order valence-corrected chi connectivity index (χ4v) is 3.78. The summed E-state index contributed by atoms with van der Waals surface area (Å²) in [5.41, 5.74) is 2.02. The summed E-state index contributed by atoms with van der Waals surface area (Å²) in [6.07, 6.45) is 6.39. The lowest BCUT2D eigenvalue weighted by Crippen LogP contribution is -2.43. The van der Waals surface area contributed by atoms with Crippen LogP contribution in [0.25, 0.3) is 5.65 Å². The van der Waals surface area contributed by atoms with Crippen molar-refractivity contribution in [1.29, 1.82) is 0 Å². The second kappa shape index (κ2) is 5.98. The van der Waals surface area contributed by atoms with Gasteiger partial charge in [-0.15, -0.1) is 5.10 Å². The number of anilines is 1. The molecule has 5 rings (SSSR count). The lowest BCUT2D eigenvalue weighted by atomic mass is 10.2. The molecule has 1 saturated carbocycles. The molecule has 0 bridgehead atoms. The van der Waals surface area contributed by atoms with Crippen molar-refractivity contribution in [2.75, 3.05) is 37.7 Å². The molecule has 0 aromatic carbocycles. The summed E-state index contributed by atoms with van der Waals surface area (Å²) in [5.74, 6) is 1.19. The van der Waals surface area contributed by atoms with Gasteiger partial charge in [-0.05, 0) is 37.8 Å². The molecule has 0 radical (unpaired) electrons. The van der Waals surface area contributed by atoms with Crippen molar-refractivity contribution >= 4 is 17.2 Å². The molecule has 1 amide bonds. The van der Waals surface area contributed by atoms with Crippen molar-refractivity contribution in [2.45, 2.75) is 31.8 Å². The molecular weight excluding hydrogens is 318 g/mol. The zero-order valence-electron chi connectivity index (χ0n) is 14.3. The third kappa shape index (κ3) is 2.86. The molecule has 2 aliphatic heterocycles. The number of carbonyl (C=O) groups excluding carboxylic acids is 1. The number of fused-ring (bicyclic) bond motifs is 1. The summed E-state index contributed by atoms with van der Waals surface area (Å²) in [6.45, 7) is 4.01. The number of pyridine rings is 1. The Labute approximate surface area is 146 Å². The zero-order valence-corrected chi connectivity index (χ0v) is 14.3. The Balaban J connectivity index is 1.37. The van der Waals surface area contributed by atoms with Gasteiger partial charge in [-0.1, -0.05) is 0 Å². The van der Waals surface area contributed by atoms with Crippen LogP contribution in [-0.4, -0.2) is 58.2 Å². The monoisotopic (exact) mass is 341 g/mol. The first kappa shape index (κ1) is 15.1. The molecule has 7 nitrogen and oxygen atoms in total. The molecule has 4 heterocycles. The molecule has 0 N–H and O–H groups in total. The molecule has 2 aromatic rings. The van der Waals surface area contributed by atoms with Crippen molar-refractivity contribution in [3.05, 3.63) is 24.2 Å². The Morgan fingerprint density at radius 2 is 2.00 bits per heavy atom. The summed E-state index contributed by atoms with van der Waals surface area (Å²) in [7, 11) is 0. The number of amides is 1. The lowest BCUT2D eigenvalue weighted by Gasteiger charge is -2.31. The number of hydrogen-bond donors (Lipinski definition) is 0. The third-order valence-corrected chi connectivity index (χ3v) is 5.40. The van der Waals surface area contributed by atoms with E-state index in [9.17, 15) is 4.79 Å². The molecule has 0 unspecified atom stereocenters. The second-order valence-corrected chi connectivity index (χ2v) is 7.27. The van der Waals surface area contributed by atoms with Crippen LogP contribution < -0.4 is 4.90 Å². The minimum Gasteiger partial charge on any atom is -0.370 e. The normalized spacial score (nSPS) is 24.2. The number of morpholine rings is 1. The predicted octanol–water partition coefficient (Wildman–Crippen LogP) is 1.64. The topological polar surface area (TPSA) is 63.0 Å². The Kier molecular flexibility index (Phi) is 3.62. The maximum Gasteiger partial charge on any atom is 0.225 e. The molecule has 0 spiro atoms. The molecule has 2 saturated heterocycles. The van der Waals surface area contributed by atoms with Crippen molar-refractivity contribution in [1.82, 2.24) is 19.5 Å². The Bertz CT molecular complexity index is 794. The quantitative estimate of drug-likeness (QED) is 0.849. The van der Waals surface area contributed by atoms with Crippen molar-refractivity contribution in [2.24, 2.45) is 5.92 Å². The summed E-state index contributed by atoms with van der Waals surface area (Å²) in [4.78, 5) is 21.3. The van der Waals surface area contributed by atoms with Crippen LogP contribution in [0.2, 0.25) is 0 Å². The van der Waals surface area contributed by atoms with Crippen LogP contribution in [0.3, 0.4) is 0 Å². The van der Waals surface area contributed by atoms with Crippen molar-refractivity contribution < 1.29 is 9.53 Å². The highest BCUT2D eigenvalue weighted by molar-refractivity contribution is 5.81. The average Bonchev–Trinajstić information content (AvgIpc) is 3.18. The van der Waals surface area contributed by atoms with Crippen LogP contribution in [-0.2, 0) is 9.53 Å².